The van der Waals surface area contributed by atoms with Crippen LogP contribution in [0, 0.1) is 12.7 Å². The molecule has 0 amide bonds. The topological polar surface area (TPSA) is 104 Å². The molecule has 0 aliphatic heterocycles. The van der Waals surface area contributed by atoms with Gasteiger partial charge in [-0.05, 0) is 52.0 Å². The van der Waals surface area contributed by atoms with Crippen LogP contribution in [-0.4, -0.2) is 43.5 Å². The third-order valence-corrected chi connectivity index (χ3v) is 4.93. The Kier molecular flexibility index (Phi) is 6.29. The molecule has 3 heterocycles. The molecule has 0 atom stereocenters. The summed E-state index contributed by atoms with van der Waals surface area (Å²) in [6, 6.07) is 8.00. The average molecular weight is 500 g/mol. The Labute approximate surface area is 204 Å². The number of carbonyl (C=O) groups is 1. The van der Waals surface area contributed by atoms with Crippen molar-refractivity contribution in [1.82, 2.24) is 24.7 Å². The standard InChI is InChI=1S/C24H23F3N6O3/c1-13-10-19(32-33(13)22(34)36-23(2,3)4)30-20-16-8-7-15(35-5)11-17(16)29-21(31-20)24(26,27)18-9-6-14(25)12-28-18/h6-12H,1-5H3,(H,29,30,31,32). The number of benzene rings is 1. The number of fused-ring (bicyclic) bond motifs is 1. The van der Waals surface area contributed by atoms with Crippen LogP contribution >= 0.6 is 0 Å². The average Bonchev–Trinajstić information content (AvgIpc) is 3.17. The number of anilines is 2. The lowest BCUT2D eigenvalue weighted by molar-refractivity contribution is 0.0285. The lowest BCUT2D eigenvalue weighted by atomic mass is 10.1. The van der Waals surface area contributed by atoms with Crippen molar-refractivity contribution >= 4 is 28.6 Å². The van der Waals surface area contributed by atoms with Gasteiger partial charge in [-0.25, -0.2) is 19.2 Å². The largest absolute Gasteiger partial charge is 0.497 e. The van der Waals surface area contributed by atoms with Gasteiger partial charge in [-0.3, -0.25) is 4.98 Å². The zero-order chi connectivity index (χ0) is 26.3. The quantitative estimate of drug-likeness (QED) is 0.391. The van der Waals surface area contributed by atoms with Crippen molar-refractivity contribution in [2.75, 3.05) is 12.4 Å². The Bertz CT molecular complexity index is 1430. The predicted octanol–water partition coefficient (Wildman–Crippen LogP) is 5.34. The van der Waals surface area contributed by atoms with E-state index in [1.807, 2.05) is 0 Å². The SMILES string of the molecule is COc1ccc2c(Nc3cc(C)n(C(=O)OC(C)(C)C)n3)nc(C(F)(F)c3ccc(F)cn3)nc2c1. The van der Waals surface area contributed by atoms with Gasteiger partial charge in [0.25, 0.3) is 0 Å². The molecule has 0 saturated carbocycles. The molecule has 0 radical (unpaired) electrons. The third-order valence-electron chi connectivity index (χ3n) is 4.93. The maximum absolute atomic E-state index is 15.3. The Morgan fingerprint density at radius 1 is 1.08 bits per heavy atom. The van der Waals surface area contributed by atoms with Gasteiger partial charge in [0.1, 0.15) is 28.7 Å². The smallest absolute Gasteiger partial charge is 0.435 e. The second-order valence-electron chi connectivity index (χ2n) is 8.90. The molecule has 0 fully saturated rings. The van der Waals surface area contributed by atoms with Gasteiger partial charge in [0.05, 0.1) is 18.8 Å². The highest BCUT2D eigenvalue weighted by atomic mass is 19.3. The fourth-order valence-electron chi connectivity index (χ4n) is 3.30. The van der Waals surface area contributed by atoms with E-state index >= 15 is 8.78 Å². The highest BCUT2D eigenvalue weighted by Gasteiger charge is 2.40. The minimum Gasteiger partial charge on any atom is -0.497 e. The van der Waals surface area contributed by atoms with Gasteiger partial charge in [0.2, 0.25) is 5.82 Å². The summed E-state index contributed by atoms with van der Waals surface area (Å²) in [7, 11) is 1.44. The van der Waals surface area contributed by atoms with Gasteiger partial charge in [0.15, 0.2) is 5.82 Å². The number of ether oxygens (including phenoxy) is 2. The number of aryl methyl sites for hydroxylation is 1. The fourth-order valence-corrected chi connectivity index (χ4v) is 3.30. The zero-order valence-corrected chi connectivity index (χ0v) is 20.1. The van der Waals surface area contributed by atoms with Crippen molar-refractivity contribution in [3.63, 3.8) is 0 Å². The molecular formula is C24H23F3N6O3. The van der Waals surface area contributed by atoms with E-state index in [2.05, 4.69) is 25.4 Å². The summed E-state index contributed by atoms with van der Waals surface area (Å²) < 4.78 is 55.5. The number of halogens is 3. The Morgan fingerprint density at radius 2 is 1.83 bits per heavy atom. The number of carbonyl (C=O) groups excluding carboxylic acids is 1. The number of pyridine rings is 1. The van der Waals surface area contributed by atoms with Crippen LogP contribution in [0.15, 0.2) is 42.6 Å². The molecule has 4 aromatic rings. The van der Waals surface area contributed by atoms with Crippen LogP contribution in [0.3, 0.4) is 0 Å². The molecule has 0 spiro atoms. The van der Waals surface area contributed by atoms with Gasteiger partial charge in [0, 0.05) is 23.2 Å². The maximum atomic E-state index is 15.3. The highest BCUT2D eigenvalue weighted by Crippen LogP contribution is 2.36. The van der Waals surface area contributed by atoms with Crippen LogP contribution < -0.4 is 10.1 Å². The summed E-state index contributed by atoms with van der Waals surface area (Å²) in [5.41, 5.74) is -0.846. The molecule has 188 valence electrons. The van der Waals surface area contributed by atoms with Crippen LogP contribution in [-0.2, 0) is 10.7 Å². The summed E-state index contributed by atoms with van der Waals surface area (Å²) >= 11 is 0. The molecule has 0 aliphatic carbocycles. The first-order chi connectivity index (χ1) is 16.9. The van der Waals surface area contributed by atoms with Crippen molar-refractivity contribution in [1.29, 1.82) is 0 Å². The number of alkyl halides is 2. The molecule has 0 saturated heterocycles. The molecule has 4 rings (SSSR count). The van der Waals surface area contributed by atoms with Crippen LogP contribution in [0.5, 0.6) is 5.75 Å². The van der Waals surface area contributed by atoms with Crippen molar-refractivity contribution in [3.05, 3.63) is 65.6 Å². The van der Waals surface area contributed by atoms with Gasteiger partial charge < -0.3 is 14.8 Å². The monoisotopic (exact) mass is 500 g/mol. The lowest BCUT2D eigenvalue weighted by Crippen LogP contribution is -2.28. The summed E-state index contributed by atoms with van der Waals surface area (Å²) in [6.45, 7) is 6.82. The van der Waals surface area contributed by atoms with Gasteiger partial charge in [-0.1, -0.05) is 0 Å². The lowest BCUT2D eigenvalue weighted by Gasteiger charge is -2.19. The van der Waals surface area contributed by atoms with Gasteiger partial charge in [-0.2, -0.15) is 13.5 Å². The Morgan fingerprint density at radius 3 is 2.47 bits per heavy atom. The van der Waals surface area contributed by atoms with E-state index in [0.29, 0.717) is 23.0 Å². The first kappa shape index (κ1) is 24.9. The maximum Gasteiger partial charge on any atom is 0.435 e. The van der Waals surface area contributed by atoms with Crippen LogP contribution in [0.1, 0.15) is 38.0 Å². The number of nitrogens with one attached hydrogen (secondary N) is 1. The molecule has 36 heavy (non-hydrogen) atoms. The molecule has 1 N–H and O–H groups in total. The molecule has 1 aromatic carbocycles. The molecule has 0 aliphatic rings. The van der Waals surface area contributed by atoms with Crippen LogP contribution in [0.4, 0.5) is 29.6 Å². The number of hydrogen-bond acceptors (Lipinski definition) is 8. The van der Waals surface area contributed by atoms with E-state index in [1.165, 1.54) is 13.2 Å². The fraction of sp³-hybridized carbons (Fsp3) is 0.292. The molecule has 3 aromatic heterocycles. The minimum atomic E-state index is -3.74. The van der Waals surface area contributed by atoms with Crippen LogP contribution in [0.25, 0.3) is 10.9 Å². The van der Waals surface area contributed by atoms with E-state index in [1.54, 1.807) is 45.9 Å². The second-order valence-corrected chi connectivity index (χ2v) is 8.90. The van der Waals surface area contributed by atoms with Crippen molar-refractivity contribution in [3.8, 4) is 5.75 Å². The minimum absolute atomic E-state index is 0.00767. The van der Waals surface area contributed by atoms with E-state index < -0.39 is 35.0 Å². The van der Waals surface area contributed by atoms with Crippen molar-refractivity contribution in [2.24, 2.45) is 0 Å². The number of methoxy groups -OCH3 is 1. The number of rotatable bonds is 5. The van der Waals surface area contributed by atoms with E-state index in [9.17, 15) is 9.18 Å². The molecule has 12 heteroatoms. The molecule has 0 unspecified atom stereocenters. The number of aromatic nitrogens is 5. The van der Waals surface area contributed by atoms with E-state index in [0.717, 1.165) is 16.8 Å². The summed E-state index contributed by atoms with van der Waals surface area (Å²) in [4.78, 5) is 24.1. The van der Waals surface area contributed by atoms with E-state index in [-0.39, 0.29) is 17.2 Å². The highest BCUT2D eigenvalue weighted by molar-refractivity contribution is 5.91. The molecule has 0 bridgehead atoms. The normalized spacial score (nSPS) is 12.0. The third kappa shape index (κ3) is 5.07. The van der Waals surface area contributed by atoms with Crippen molar-refractivity contribution in [2.45, 2.75) is 39.2 Å². The Balaban J connectivity index is 1.79. The molecule has 9 nitrogen and oxygen atoms in total. The summed E-state index contributed by atoms with van der Waals surface area (Å²) in [6.07, 6.45) is -0.00148. The van der Waals surface area contributed by atoms with Crippen molar-refractivity contribution < 1.29 is 27.4 Å². The van der Waals surface area contributed by atoms with Gasteiger partial charge in [-0.15, -0.1) is 5.10 Å². The second kappa shape index (κ2) is 9.10. The summed E-state index contributed by atoms with van der Waals surface area (Å²) in [5, 5.41) is 7.48. The predicted molar refractivity (Wildman–Crippen MR) is 125 cm³/mol. The Hall–Kier alpha value is -4.22. The summed E-state index contributed by atoms with van der Waals surface area (Å²) in [5.74, 6) is -4.79. The first-order valence-corrected chi connectivity index (χ1v) is 10.8. The number of nitrogens with zero attached hydrogens (tertiary/aromatic N) is 5. The van der Waals surface area contributed by atoms with Gasteiger partial charge >= 0.3 is 12.0 Å². The first-order valence-electron chi connectivity index (χ1n) is 10.8. The van der Waals surface area contributed by atoms with E-state index in [4.69, 9.17) is 9.47 Å². The number of hydrogen-bond donors (Lipinski definition) is 1. The molecular weight excluding hydrogens is 477 g/mol. The zero-order valence-electron chi connectivity index (χ0n) is 20.1. The van der Waals surface area contributed by atoms with Crippen LogP contribution in [0.2, 0.25) is 0 Å².